The van der Waals surface area contributed by atoms with Crippen molar-refractivity contribution in [3.8, 4) is 0 Å². The van der Waals surface area contributed by atoms with Crippen molar-refractivity contribution in [2.45, 2.75) is 18.3 Å². The summed E-state index contributed by atoms with van der Waals surface area (Å²) in [5.74, 6) is 0. The van der Waals surface area contributed by atoms with Crippen LogP contribution in [0.2, 0.25) is 5.02 Å². The minimum atomic E-state index is 0.0487. The molecule has 1 aromatic rings. The van der Waals surface area contributed by atoms with Crippen LogP contribution in [0, 0.1) is 0 Å². The third-order valence-electron chi connectivity index (χ3n) is 3.17. The molecule has 0 saturated carbocycles. The molecule has 2 rings (SSSR count). The third kappa shape index (κ3) is 2.03. The maximum Gasteiger partial charge on any atom is 0.0564 e. The van der Waals surface area contributed by atoms with Gasteiger partial charge in [0.15, 0.2) is 0 Å². The van der Waals surface area contributed by atoms with E-state index < -0.39 is 0 Å². The van der Waals surface area contributed by atoms with E-state index >= 15 is 0 Å². The minimum Gasteiger partial charge on any atom is -0.380 e. The lowest BCUT2D eigenvalue weighted by Gasteiger charge is -2.28. The molecule has 15 heavy (non-hydrogen) atoms. The number of hydrogen-bond donors (Lipinski definition) is 1. The third-order valence-corrected chi connectivity index (χ3v) is 3.50. The second kappa shape index (κ2) is 4.52. The van der Waals surface area contributed by atoms with Gasteiger partial charge >= 0.3 is 0 Å². The van der Waals surface area contributed by atoms with Gasteiger partial charge in [0.05, 0.1) is 6.61 Å². The summed E-state index contributed by atoms with van der Waals surface area (Å²) in [6.07, 6.45) is 1.96. The van der Waals surface area contributed by atoms with Gasteiger partial charge in [0, 0.05) is 17.0 Å². The topological polar surface area (TPSA) is 35.2 Å². The average Bonchev–Trinajstić information content (AvgIpc) is 2.69. The summed E-state index contributed by atoms with van der Waals surface area (Å²) >= 11 is 6.23. The average molecular weight is 226 g/mol. The maximum absolute atomic E-state index is 6.23. The Bertz CT molecular complexity index is 334. The van der Waals surface area contributed by atoms with Crippen molar-refractivity contribution in [2.24, 2.45) is 5.73 Å². The Balaban J connectivity index is 2.36. The van der Waals surface area contributed by atoms with Crippen molar-refractivity contribution >= 4 is 11.6 Å². The molecule has 1 heterocycles. The molecular weight excluding hydrogens is 210 g/mol. The minimum absolute atomic E-state index is 0.0487. The normalized spacial score (nSPS) is 25.7. The lowest BCUT2D eigenvalue weighted by molar-refractivity contribution is 0.175. The summed E-state index contributed by atoms with van der Waals surface area (Å²) in [4.78, 5) is 0. The summed E-state index contributed by atoms with van der Waals surface area (Å²) in [5, 5.41) is 0.830. The predicted molar refractivity (Wildman–Crippen MR) is 62.2 cm³/mol. The Hall–Kier alpha value is -0.570. The molecule has 2 N–H and O–H groups in total. The van der Waals surface area contributed by atoms with Crippen LogP contribution in [0.15, 0.2) is 24.3 Å². The van der Waals surface area contributed by atoms with Crippen LogP contribution in [0.1, 0.15) is 18.4 Å². The SMILES string of the molecule is NCCC1(c2ccccc2Cl)CCOC1. The lowest BCUT2D eigenvalue weighted by atomic mass is 9.77. The van der Waals surface area contributed by atoms with E-state index in [4.69, 9.17) is 22.1 Å². The van der Waals surface area contributed by atoms with Crippen molar-refractivity contribution in [2.75, 3.05) is 19.8 Å². The molecule has 1 aromatic carbocycles. The van der Waals surface area contributed by atoms with Gasteiger partial charge in [-0.1, -0.05) is 29.8 Å². The highest BCUT2D eigenvalue weighted by Crippen LogP contribution is 2.39. The monoisotopic (exact) mass is 225 g/mol. The summed E-state index contributed by atoms with van der Waals surface area (Å²) in [5.41, 5.74) is 6.92. The fraction of sp³-hybridized carbons (Fsp3) is 0.500. The summed E-state index contributed by atoms with van der Waals surface area (Å²) in [6, 6.07) is 8.01. The van der Waals surface area contributed by atoms with E-state index in [1.165, 1.54) is 5.56 Å². The van der Waals surface area contributed by atoms with Gasteiger partial charge in [0.2, 0.25) is 0 Å². The molecule has 1 aliphatic heterocycles. The van der Waals surface area contributed by atoms with Gasteiger partial charge in [0.1, 0.15) is 0 Å². The zero-order valence-corrected chi connectivity index (χ0v) is 9.46. The first-order chi connectivity index (χ1) is 7.28. The summed E-state index contributed by atoms with van der Waals surface area (Å²) in [7, 11) is 0. The molecule has 0 amide bonds. The van der Waals surface area contributed by atoms with Crippen LogP contribution in [0.3, 0.4) is 0 Å². The van der Waals surface area contributed by atoms with E-state index in [1.54, 1.807) is 0 Å². The van der Waals surface area contributed by atoms with Crippen LogP contribution >= 0.6 is 11.6 Å². The Morgan fingerprint density at radius 1 is 1.40 bits per heavy atom. The molecule has 82 valence electrons. The van der Waals surface area contributed by atoms with Gasteiger partial charge in [-0.05, 0) is 31.0 Å². The molecule has 0 spiro atoms. The fourth-order valence-corrected chi connectivity index (χ4v) is 2.66. The molecule has 0 radical (unpaired) electrons. The van der Waals surface area contributed by atoms with Crippen LogP contribution in [-0.2, 0) is 10.2 Å². The molecule has 1 aliphatic rings. The summed E-state index contributed by atoms with van der Waals surface area (Å²) < 4.78 is 5.51. The Morgan fingerprint density at radius 3 is 2.80 bits per heavy atom. The van der Waals surface area contributed by atoms with Crippen LogP contribution in [-0.4, -0.2) is 19.8 Å². The quantitative estimate of drug-likeness (QED) is 0.857. The largest absolute Gasteiger partial charge is 0.380 e. The number of nitrogens with two attached hydrogens (primary N) is 1. The van der Waals surface area contributed by atoms with Crippen LogP contribution in [0.4, 0.5) is 0 Å². The number of hydrogen-bond acceptors (Lipinski definition) is 2. The molecule has 0 aliphatic carbocycles. The molecule has 1 unspecified atom stereocenters. The van der Waals surface area contributed by atoms with Crippen LogP contribution in [0.25, 0.3) is 0 Å². The molecule has 1 saturated heterocycles. The molecular formula is C12H16ClNO. The number of halogens is 1. The first-order valence-corrected chi connectivity index (χ1v) is 5.69. The first-order valence-electron chi connectivity index (χ1n) is 5.31. The standard InChI is InChI=1S/C12H16ClNO/c13-11-4-2-1-3-10(11)12(5-7-14)6-8-15-9-12/h1-4H,5-9,14H2. The van der Waals surface area contributed by atoms with Crippen molar-refractivity contribution in [3.05, 3.63) is 34.9 Å². The van der Waals surface area contributed by atoms with Crippen molar-refractivity contribution < 1.29 is 4.74 Å². The number of benzene rings is 1. The zero-order valence-electron chi connectivity index (χ0n) is 8.71. The molecule has 0 aromatic heterocycles. The molecule has 1 fully saturated rings. The Labute approximate surface area is 95.4 Å². The van der Waals surface area contributed by atoms with Crippen LogP contribution < -0.4 is 5.73 Å². The summed E-state index contributed by atoms with van der Waals surface area (Å²) in [6.45, 7) is 2.23. The lowest BCUT2D eigenvalue weighted by Crippen LogP contribution is -2.30. The van der Waals surface area contributed by atoms with Gasteiger partial charge in [-0.15, -0.1) is 0 Å². The Kier molecular flexibility index (Phi) is 3.29. The number of rotatable bonds is 3. The van der Waals surface area contributed by atoms with Gasteiger partial charge in [0.25, 0.3) is 0 Å². The van der Waals surface area contributed by atoms with Gasteiger partial charge in [-0.25, -0.2) is 0 Å². The highest BCUT2D eigenvalue weighted by molar-refractivity contribution is 6.31. The molecule has 3 heteroatoms. The van der Waals surface area contributed by atoms with E-state index in [9.17, 15) is 0 Å². The maximum atomic E-state index is 6.23. The van der Waals surface area contributed by atoms with E-state index in [0.717, 1.165) is 31.1 Å². The van der Waals surface area contributed by atoms with Gasteiger partial charge in [-0.2, -0.15) is 0 Å². The van der Waals surface area contributed by atoms with Gasteiger partial charge < -0.3 is 10.5 Å². The van der Waals surface area contributed by atoms with Crippen LogP contribution in [0.5, 0.6) is 0 Å². The van der Waals surface area contributed by atoms with Crippen molar-refractivity contribution in [1.82, 2.24) is 0 Å². The fourth-order valence-electron chi connectivity index (χ4n) is 2.32. The van der Waals surface area contributed by atoms with Gasteiger partial charge in [-0.3, -0.25) is 0 Å². The Morgan fingerprint density at radius 2 is 2.20 bits per heavy atom. The molecule has 2 nitrogen and oxygen atoms in total. The second-order valence-corrected chi connectivity index (χ2v) is 4.51. The highest BCUT2D eigenvalue weighted by atomic mass is 35.5. The predicted octanol–water partition coefficient (Wildman–Crippen LogP) is 2.35. The highest BCUT2D eigenvalue weighted by Gasteiger charge is 2.37. The van der Waals surface area contributed by atoms with E-state index in [2.05, 4.69) is 6.07 Å². The van der Waals surface area contributed by atoms with E-state index in [0.29, 0.717) is 6.54 Å². The molecule has 0 bridgehead atoms. The van der Waals surface area contributed by atoms with Crippen molar-refractivity contribution in [3.63, 3.8) is 0 Å². The molecule has 1 atom stereocenters. The number of ether oxygens (including phenoxy) is 1. The zero-order chi connectivity index (χ0) is 10.7. The van der Waals surface area contributed by atoms with E-state index in [-0.39, 0.29) is 5.41 Å². The van der Waals surface area contributed by atoms with E-state index in [1.807, 2.05) is 18.2 Å². The first kappa shape index (κ1) is 10.9. The van der Waals surface area contributed by atoms with Crippen molar-refractivity contribution in [1.29, 1.82) is 0 Å². The second-order valence-electron chi connectivity index (χ2n) is 4.10. The smallest absolute Gasteiger partial charge is 0.0564 e.